The molecule has 0 unspecified atom stereocenters. The number of nitrogens with one attached hydrogen (secondary N) is 1. The van der Waals surface area contributed by atoms with Gasteiger partial charge in [0.15, 0.2) is 6.54 Å². The molecule has 3 aromatic carbocycles. The van der Waals surface area contributed by atoms with Crippen LogP contribution in [-0.4, -0.2) is 24.1 Å². The molecule has 3 aromatic rings. The van der Waals surface area contributed by atoms with E-state index in [1.807, 2.05) is 47.8 Å². The first-order valence-electron chi connectivity index (χ1n) is 9.78. The van der Waals surface area contributed by atoms with Crippen molar-refractivity contribution in [2.24, 2.45) is 5.73 Å². The van der Waals surface area contributed by atoms with Gasteiger partial charge in [-0.25, -0.2) is 0 Å². The number of rotatable bonds is 9. The van der Waals surface area contributed by atoms with Crippen molar-refractivity contribution in [3.63, 3.8) is 0 Å². The number of thioether (sulfide) groups is 1. The van der Waals surface area contributed by atoms with Crippen LogP contribution in [0.1, 0.15) is 22.7 Å². The third-order valence-corrected chi connectivity index (χ3v) is 5.76. The summed E-state index contributed by atoms with van der Waals surface area (Å²) in [6.07, 6.45) is 0. The number of primary amides is 1. The Morgan fingerprint density at radius 2 is 1.57 bits per heavy atom. The van der Waals surface area contributed by atoms with Gasteiger partial charge in [-0.1, -0.05) is 72.3 Å². The van der Waals surface area contributed by atoms with Crippen LogP contribution in [-0.2, 0) is 9.59 Å². The molecule has 0 aliphatic carbocycles. The van der Waals surface area contributed by atoms with Gasteiger partial charge in [0.05, 0.1) is 11.4 Å². The van der Waals surface area contributed by atoms with Gasteiger partial charge in [-0.3, -0.25) is 9.59 Å². The zero-order chi connectivity index (χ0) is 21.3. The Labute approximate surface area is 181 Å². The van der Waals surface area contributed by atoms with Crippen LogP contribution in [0.2, 0.25) is 0 Å². The van der Waals surface area contributed by atoms with Crippen molar-refractivity contribution in [2.75, 3.05) is 17.6 Å². The second-order valence-corrected chi connectivity index (χ2v) is 8.06. The summed E-state index contributed by atoms with van der Waals surface area (Å²) in [4.78, 5) is 24.6. The third-order valence-electron chi connectivity index (χ3n) is 4.67. The lowest BCUT2D eigenvalue weighted by atomic mass is 9.98. The van der Waals surface area contributed by atoms with Gasteiger partial charge in [-0.2, -0.15) is 0 Å². The molecular formula is C24H26N3O2S+. The molecule has 2 amide bonds. The number of hydrogen-bond donors (Lipinski definition) is 3. The van der Waals surface area contributed by atoms with Gasteiger partial charge in [0.2, 0.25) is 5.91 Å². The average molecular weight is 421 g/mol. The van der Waals surface area contributed by atoms with E-state index in [1.165, 1.54) is 17.3 Å². The summed E-state index contributed by atoms with van der Waals surface area (Å²) in [6, 6.07) is 26.0. The van der Waals surface area contributed by atoms with Gasteiger partial charge in [-0.05, 0) is 19.1 Å². The van der Waals surface area contributed by atoms with Crippen molar-refractivity contribution in [2.45, 2.75) is 17.9 Å². The lowest BCUT2D eigenvalue weighted by Gasteiger charge is -2.17. The fraction of sp³-hybridized carbons (Fsp3) is 0.167. The molecule has 0 aliphatic rings. The van der Waals surface area contributed by atoms with E-state index in [0.717, 1.165) is 16.0 Å². The summed E-state index contributed by atoms with van der Waals surface area (Å²) in [5, 5.41) is 4.99. The minimum atomic E-state index is -0.390. The van der Waals surface area contributed by atoms with Gasteiger partial charge < -0.3 is 16.4 Å². The maximum Gasteiger partial charge on any atom is 0.279 e. The Hall–Kier alpha value is -3.09. The van der Waals surface area contributed by atoms with Crippen LogP contribution in [0.15, 0.2) is 83.8 Å². The standard InChI is InChI=1S/C24H25N3O2S/c1-17-11-13-19(14-12-17)24(18-7-3-2-4-8-18)26-15-23(29)27-20-9-5-6-10-21(20)30-16-22(25)28/h2-14,24,26H,15-16H2,1H3,(H2,25,28)(H,27,29)/p+1/t24-/m0/s1. The number of quaternary nitrogens is 1. The fourth-order valence-corrected chi connectivity index (χ4v) is 3.92. The second-order valence-electron chi connectivity index (χ2n) is 7.04. The highest BCUT2D eigenvalue weighted by Crippen LogP contribution is 2.26. The number of aryl methyl sites for hydroxylation is 1. The predicted octanol–water partition coefficient (Wildman–Crippen LogP) is 2.86. The monoisotopic (exact) mass is 420 g/mol. The summed E-state index contributed by atoms with van der Waals surface area (Å²) in [5.41, 5.74) is 9.43. The van der Waals surface area contributed by atoms with E-state index in [0.29, 0.717) is 5.69 Å². The quantitative estimate of drug-likeness (QED) is 0.465. The van der Waals surface area contributed by atoms with E-state index >= 15 is 0 Å². The molecule has 0 aliphatic heterocycles. The molecule has 0 spiro atoms. The minimum absolute atomic E-state index is 0.0250. The van der Waals surface area contributed by atoms with Crippen molar-refractivity contribution in [1.29, 1.82) is 0 Å². The topological polar surface area (TPSA) is 88.8 Å². The molecular weight excluding hydrogens is 394 g/mol. The van der Waals surface area contributed by atoms with Crippen LogP contribution in [0.5, 0.6) is 0 Å². The highest BCUT2D eigenvalue weighted by Gasteiger charge is 2.19. The van der Waals surface area contributed by atoms with E-state index < -0.39 is 5.91 Å². The number of para-hydroxylation sites is 1. The lowest BCUT2D eigenvalue weighted by Crippen LogP contribution is -2.87. The summed E-state index contributed by atoms with van der Waals surface area (Å²) < 4.78 is 0. The van der Waals surface area contributed by atoms with E-state index in [4.69, 9.17) is 5.73 Å². The minimum Gasteiger partial charge on any atom is -0.369 e. The Bertz CT molecular complexity index is 991. The predicted molar refractivity (Wildman–Crippen MR) is 121 cm³/mol. The van der Waals surface area contributed by atoms with Crippen LogP contribution in [0, 0.1) is 6.92 Å². The normalized spacial score (nSPS) is 11.6. The molecule has 5 N–H and O–H groups in total. The first-order valence-corrected chi connectivity index (χ1v) is 10.8. The summed E-state index contributed by atoms with van der Waals surface area (Å²) >= 11 is 1.32. The SMILES string of the molecule is Cc1ccc([C@@H]([NH2+]CC(=O)Nc2ccccc2SCC(N)=O)c2ccccc2)cc1. The van der Waals surface area contributed by atoms with E-state index in [9.17, 15) is 9.59 Å². The molecule has 5 nitrogen and oxygen atoms in total. The zero-order valence-electron chi connectivity index (χ0n) is 16.9. The lowest BCUT2D eigenvalue weighted by molar-refractivity contribution is -0.676. The zero-order valence-corrected chi connectivity index (χ0v) is 17.7. The first kappa shape index (κ1) is 21.6. The van der Waals surface area contributed by atoms with Crippen LogP contribution in [0.25, 0.3) is 0 Å². The number of anilines is 1. The third kappa shape index (κ3) is 6.20. The number of hydrogen-bond acceptors (Lipinski definition) is 3. The van der Waals surface area contributed by atoms with Gasteiger partial charge in [0, 0.05) is 16.0 Å². The highest BCUT2D eigenvalue weighted by atomic mass is 32.2. The number of benzene rings is 3. The van der Waals surface area contributed by atoms with E-state index in [1.54, 1.807) is 0 Å². The Balaban J connectivity index is 1.69. The molecule has 3 rings (SSSR count). The van der Waals surface area contributed by atoms with Crippen molar-refractivity contribution in [3.8, 4) is 0 Å². The number of carbonyl (C=O) groups is 2. The van der Waals surface area contributed by atoms with Crippen molar-refractivity contribution in [1.82, 2.24) is 0 Å². The van der Waals surface area contributed by atoms with Crippen LogP contribution in [0.4, 0.5) is 5.69 Å². The smallest absolute Gasteiger partial charge is 0.279 e. The Kier molecular flexibility index (Phi) is 7.65. The molecule has 0 saturated heterocycles. The van der Waals surface area contributed by atoms with Crippen molar-refractivity contribution in [3.05, 3.63) is 95.6 Å². The molecule has 6 heteroatoms. The van der Waals surface area contributed by atoms with Crippen LogP contribution in [0.3, 0.4) is 0 Å². The van der Waals surface area contributed by atoms with E-state index in [-0.39, 0.29) is 24.2 Å². The maximum atomic E-state index is 12.7. The second kappa shape index (κ2) is 10.6. The number of amides is 2. The first-order chi connectivity index (χ1) is 14.5. The number of nitrogens with two attached hydrogens (primary N) is 2. The van der Waals surface area contributed by atoms with Crippen molar-refractivity contribution >= 4 is 29.3 Å². The highest BCUT2D eigenvalue weighted by molar-refractivity contribution is 8.00. The molecule has 30 heavy (non-hydrogen) atoms. The van der Waals surface area contributed by atoms with Gasteiger partial charge in [-0.15, -0.1) is 11.8 Å². The molecule has 0 radical (unpaired) electrons. The van der Waals surface area contributed by atoms with Gasteiger partial charge in [0.1, 0.15) is 6.04 Å². The number of carbonyl (C=O) groups excluding carboxylic acids is 2. The largest absolute Gasteiger partial charge is 0.369 e. The van der Waals surface area contributed by atoms with Gasteiger partial charge >= 0.3 is 0 Å². The molecule has 1 atom stereocenters. The average Bonchev–Trinajstić information content (AvgIpc) is 2.75. The van der Waals surface area contributed by atoms with E-state index in [2.05, 4.69) is 48.6 Å². The molecule has 0 bridgehead atoms. The maximum absolute atomic E-state index is 12.7. The molecule has 154 valence electrons. The van der Waals surface area contributed by atoms with Crippen molar-refractivity contribution < 1.29 is 14.9 Å². The summed E-state index contributed by atoms with van der Waals surface area (Å²) in [7, 11) is 0. The van der Waals surface area contributed by atoms with Crippen LogP contribution < -0.4 is 16.4 Å². The fourth-order valence-electron chi connectivity index (χ4n) is 3.17. The van der Waals surface area contributed by atoms with Gasteiger partial charge in [0.25, 0.3) is 5.91 Å². The molecule has 0 fully saturated rings. The molecule has 0 aromatic heterocycles. The molecule has 0 saturated carbocycles. The molecule has 0 heterocycles. The summed E-state index contributed by atoms with van der Waals surface area (Å²) in [6.45, 7) is 2.33. The Morgan fingerprint density at radius 3 is 2.27 bits per heavy atom. The Morgan fingerprint density at radius 1 is 0.933 bits per heavy atom. The van der Waals surface area contributed by atoms with Crippen LogP contribution >= 0.6 is 11.8 Å². The summed E-state index contributed by atoms with van der Waals surface area (Å²) in [5.74, 6) is -0.323.